The minimum absolute atomic E-state index is 0.131. The number of anilines is 1. The van der Waals surface area contributed by atoms with Crippen molar-refractivity contribution in [1.29, 1.82) is 0 Å². The van der Waals surface area contributed by atoms with Crippen LogP contribution in [0, 0.1) is 0 Å². The second kappa shape index (κ2) is 8.42. The fourth-order valence-corrected chi connectivity index (χ4v) is 3.82. The molecule has 10 heteroatoms. The highest BCUT2D eigenvalue weighted by molar-refractivity contribution is 7.80. The van der Waals surface area contributed by atoms with Crippen LogP contribution >= 0.6 is 12.2 Å². The Hall–Kier alpha value is -2.23. The lowest BCUT2D eigenvalue weighted by atomic mass is 10.0. The summed E-state index contributed by atoms with van der Waals surface area (Å²) < 4.78 is 45.7. The number of halogens is 3. The summed E-state index contributed by atoms with van der Waals surface area (Å²) in [5, 5.41) is 3.53. The zero-order chi connectivity index (χ0) is 20.3. The van der Waals surface area contributed by atoms with Crippen molar-refractivity contribution in [1.82, 2.24) is 9.80 Å². The number of likely N-dealkylation sites (tertiary alicyclic amines) is 1. The molecular formula is C18H22F3N3O3S. The number of hydrogen-bond acceptors (Lipinski definition) is 4. The number of alkyl halides is 3. The fourth-order valence-electron chi connectivity index (χ4n) is 3.52. The summed E-state index contributed by atoms with van der Waals surface area (Å²) >= 11 is 5.42. The molecule has 0 aromatic heterocycles. The predicted octanol–water partition coefficient (Wildman–Crippen LogP) is 3.98. The highest BCUT2D eigenvalue weighted by atomic mass is 32.1. The van der Waals surface area contributed by atoms with Crippen LogP contribution < -0.4 is 10.1 Å². The molecule has 2 aliphatic rings. The van der Waals surface area contributed by atoms with E-state index in [1.807, 2.05) is 16.7 Å². The summed E-state index contributed by atoms with van der Waals surface area (Å²) in [7, 11) is 0. The Morgan fingerprint density at radius 3 is 2.50 bits per heavy atom. The quantitative estimate of drug-likeness (QED) is 0.748. The zero-order valence-corrected chi connectivity index (χ0v) is 16.2. The average molecular weight is 417 g/mol. The van der Waals surface area contributed by atoms with Crippen LogP contribution in [-0.4, -0.2) is 59.1 Å². The van der Waals surface area contributed by atoms with Crippen molar-refractivity contribution in [3.05, 3.63) is 24.3 Å². The summed E-state index contributed by atoms with van der Waals surface area (Å²) in [5.41, 5.74) is 0.579. The number of carbonyl (C=O) groups is 1. The molecule has 0 saturated carbocycles. The van der Waals surface area contributed by atoms with Crippen molar-refractivity contribution < 1.29 is 27.4 Å². The Morgan fingerprint density at radius 1 is 1.29 bits per heavy atom. The Bertz CT molecular complexity index is 706. The van der Waals surface area contributed by atoms with Crippen LogP contribution in [-0.2, 0) is 4.74 Å². The maximum Gasteiger partial charge on any atom is 0.573 e. The number of cyclic esters (lactones) is 1. The van der Waals surface area contributed by atoms with Crippen molar-refractivity contribution >= 4 is 29.1 Å². The number of ether oxygens (including phenoxy) is 2. The molecule has 1 atom stereocenters. The molecule has 1 aromatic carbocycles. The van der Waals surface area contributed by atoms with Gasteiger partial charge in [-0.05, 0) is 55.7 Å². The Labute approximate surface area is 166 Å². The molecule has 3 rings (SSSR count). The van der Waals surface area contributed by atoms with Gasteiger partial charge >= 0.3 is 12.5 Å². The summed E-state index contributed by atoms with van der Waals surface area (Å²) in [6.45, 7) is 3.86. The molecule has 6 nitrogen and oxygen atoms in total. The van der Waals surface area contributed by atoms with Crippen molar-refractivity contribution in [2.75, 3.05) is 25.0 Å². The van der Waals surface area contributed by atoms with Gasteiger partial charge in [-0.3, -0.25) is 4.90 Å². The second-order valence-electron chi connectivity index (χ2n) is 6.77. The van der Waals surface area contributed by atoms with Crippen LogP contribution in [0.3, 0.4) is 0 Å². The number of hydrogen-bond donors (Lipinski definition) is 1. The van der Waals surface area contributed by atoms with Crippen LogP contribution in [0.15, 0.2) is 24.3 Å². The normalized spacial score (nSPS) is 20.9. The molecule has 1 unspecified atom stereocenters. The van der Waals surface area contributed by atoms with Gasteiger partial charge < -0.3 is 19.7 Å². The van der Waals surface area contributed by atoms with E-state index in [9.17, 15) is 18.0 Å². The number of amides is 1. The molecule has 2 aliphatic heterocycles. The Morgan fingerprint density at radius 2 is 1.93 bits per heavy atom. The number of piperidine rings is 1. The molecule has 1 aromatic rings. The zero-order valence-electron chi connectivity index (χ0n) is 15.4. The van der Waals surface area contributed by atoms with Gasteiger partial charge in [0.1, 0.15) is 12.4 Å². The summed E-state index contributed by atoms with van der Waals surface area (Å²) in [6, 6.07) is 5.69. The standard InChI is InChI=1S/C18H22F3N3O3S/c1-2-13-11-26-17(25)24(13)14-7-9-23(10-8-14)16(28)22-12-3-5-15(6-4-12)27-18(19,20)21/h3-6,13-14H,2,7-11H2,1H3,(H,22,28). The monoisotopic (exact) mass is 417 g/mol. The van der Waals surface area contributed by atoms with Crippen LogP contribution in [0.1, 0.15) is 26.2 Å². The number of rotatable bonds is 4. The minimum atomic E-state index is -4.72. The summed E-state index contributed by atoms with van der Waals surface area (Å²) in [6.07, 6.45) is -2.53. The minimum Gasteiger partial charge on any atom is -0.447 e. The van der Waals surface area contributed by atoms with Gasteiger partial charge in [0.25, 0.3) is 0 Å². The van der Waals surface area contributed by atoms with Gasteiger partial charge in [0.15, 0.2) is 5.11 Å². The largest absolute Gasteiger partial charge is 0.573 e. The predicted molar refractivity (Wildman–Crippen MR) is 101 cm³/mol. The molecule has 2 saturated heterocycles. The third-order valence-corrected chi connectivity index (χ3v) is 5.32. The van der Waals surface area contributed by atoms with E-state index in [-0.39, 0.29) is 23.9 Å². The van der Waals surface area contributed by atoms with Gasteiger partial charge in [-0.25, -0.2) is 4.79 Å². The lowest BCUT2D eigenvalue weighted by Gasteiger charge is -2.38. The third kappa shape index (κ3) is 4.98. The molecule has 0 bridgehead atoms. The molecule has 1 amide bonds. The van der Waals surface area contributed by atoms with Crippen molar-refractivity contribution in [3.63, 3.8) is 0 Å². The number of carbonyl (C=O) groups excluding carboxylic acids is 1. The van der Waals surface area contributed by atoms with Crippen LogP contribution in [0.5, 0.6) is 5.75 Å². The van der Waals surface area contributed by atoms with Gasteiger partial charge in [-0.2, -0.15) is 0 Å². The third-order valence-electron chi connectivity index (χ3n) is 4.96. The highest BCUT2D eigenvalue weighted by Crippen LogP contribution is 2.26. The van der Waals surface area contributed by atoms with Crippen molar-refractivity contribution in [3.8, 4) is 5.75 Å². The average Bonchev–Trinajstić information content (AvgIpc) is 3.03. The van der Waals surface area contributed by atoms with Crippen molar-refractivity contribution in [2.45, 2.75) is 44.6 Å². The van der Waals surface area contributed by atoms with E-state index in [1.165, 1.54) is 24.3 Å². The van der Waals surface area contributed by atoms with Crippen LogP contribution in [0.2, 0.25) is 0 Å². The maximum absolute atomic E-state index is 12.2. The topological polar surface area (TPSA) is 54.0 Å². The fraction of sp³-hybridized carbons (Fsp3) is 0.556. The van der Waals surface area contributed by atoms with E-state index in [2.05, 4.69) is 10.1 Å². The van der Waals surface area contributed by atoms with E-state index in [0.717, 1.165) is 19.3 Å². The first-order valence-corrected chi connectivity index (χ1v) is 9.54. The van der Waals surface area contributed by atoms with Crippen molar-refractivity contribution in [2.24, 2.45) is 0 Å². The molecule has 2 fully saturated rings. The van der Waals surface area contributed by atoms with Gasteiger partial charge in [-0.15, -0.1) is 13.2 Å². The SMILES string of the molecule is CCC1COC(=O)N1C1CCN(C(=S)Nc2ccc(OC(F)(F)F)cc2)CC1. The van der Waals surface area contributed by atoms with Gasteiger partial charge in [-0.1, -0.05) is 6.92 Å². The molecule has 154 valence electrons. The van der Waals surface area contributed by atoms with E-state index in [1.54, 1.807) is 0 Å². The maximum atomic E-state index is 12.2. The molecule has 0 spiro atoms. The first-order valence-electron chi connectivity index (χ1n) is 9.13. The number of thiocarbonyl (C=S) groups is 1. The van der Waals surface area contributed by atoms with Gasteiger partial charge in [0, 0.05) is 24.8 Å². The number of benzene rings is 1. The molecule has 28 heavy (non-hydrogen) atoms. The van der Waals surface area contributed by atoms with Gasteiger partial charge in [0.05, 0.1) is 6.04 Å². The van der Waals surface area contributed by atoms with Crippen LogP contribution in [0.25, 0.3) is 0 Å². The first kappa shape index (κ1) is 20.5. The first-order chi connectivity index (χ1) is 13.3. The summed E-state index contributed by atoms with van der Waals surface area (Å²) in [5.74, 6) is -0.284. The highest BCUT2D eigenvalue weighted by Gasteiger charge is 2.38. The smallest absolute Gasteiger partial charge is 0.447 e. The molecular weight excluding hydrogens is 395 g/mol. The lowest BCUT2D eigenvalue weighted by molar-refractivity contribution is -0.274. The van der Waals surface area contributed by atoms with Gasteiger partial charge in [0.2, 0.25) is 0 Å². The number of nitrogens with one attached hydrogen (secondary N) is 1. The molecule has 0 radical (unpaired) electrons. The molecule has 2 heterocycles. The Balaban J connectivity index is 1.51. The number of nitrogens with zero attached hydrogens (tertiary/aromatic N) is 2. The van der Waals surface area contributed by atoms with E-state index in [4.69, 9.17) is 17.0 Å². The Kier molecular flexibility index (Phi) is 6.17. The van der Waals surface area contributed by atoms with E-state index >= 15 is 0 Å². The molecule has 0 aliphatic carbocycles. The molecule has 1 N–H and O–H groups in total. The van der Waals surface area contributed by atoms with E-state index < -0.39 is 6.36 Å². The lowest BCUT2D eigenvalue weighted by Crippen LogP contribution is -2.50. The second-order valence-corrected chi connectivity index (χ2v) is 7.15. The summed E-state index contributed by atoms with van der Waals surface area (Å²) in [4.78, 5) is 15.8. The van der Waals surface area contributed by atoms with E-state index in [0.29, 0.717) is 30.5 Å². The van der Waals surface area contributed by atoms with Crippen LogP contribution in [0.4, 0.5) is 23.7 Å².